The average molecular weight is 332 g/mol. The summed E-state index contributed by atoms with van der Waals surface area (Å²) in [5.74, 6) is -0.452. The second-order valence-electron chi connectivity index (χ2n) is 5.84. The van der Waals surface area contributed by atoms with Crippen LogP contribution in [0.4, 0.5) is 23.7 Å². The predicted molar refractivity (Wildman–Crippen MR) is 79.6 cm³/mol. The number of anilines is 1. The average Bonchev–Trinajstić information content (AvgIpc) is 2.35. The minimum atomic E-state index is -4.59. The molecule has 8 heteroatoms. The molecule has 2 N–H and O–H groups in total. The second-order valence-corrected chi connectivity index (χ2v) is 5.84. The van der Waals surface area contributed by atoms with Gasteiger partial charge in [0.2, 0.25) is 0 Å². The highest BCUT2D eigenvalue weighted by atomic mass is 19.4. The van der Waals surface area contributed by atoms with Crippen molar-refractivity contribution in [3.63, 3.8) is 0 Å². The summed E-state index contributed by atoms with van der Waals surface area (Å²) in [7, 11) is 1.53. The van der Waals surface area contributed by atoms with E-state index in [4.69, 9.17) is 4.74 Å². The number of nitrogens with one attached hydrogen (secondary N) is 2. The fourth-order valence-electron chi connectivity index (χ4n) is 1.74. The SMILES string of the molecule is CNCC(=O)c1ccc(C(F)(F)F)cc1NC(=O)OC(C)(C)C. The lowest BCUT2D eigenvalue weighted by molar-refractivity contribution is -0.137. The van der Waals surface area contributed by atoms with Gasteiger partial charge in [0.05, 0.1) is 17.8 Å². The zero-order valence-corrected chi connectivity index (χ0v) is 13.3. The third-order valence-electron chi connectivity index (χ3n) is 2.62. The van der Waals surface area contributed by atoms with Gasteiger partial charge in [-0.05, 0) is 46.0 Å². The van der Waals surface area contributed by atoms with E-state index in [0.717, 1.165) is 12.1 Å². The summed E-state index contributed by atoms with van der Waals surface area (Å²) in [5, 5.41) is 4.82. The van der Waals surface area contributed by atoms with E-state index in [1.807, 2.05) is 0 Å². The Kier molecular flexibility index (Phi) is 5.76. The van der Waals surface area contributed by atoms with E-state index in [-0.39, 0.29) is 17.8 Å². The van der Waals surface area contributed by atoms with Gasteiger partial charge in [-0.15, -0.1) is 0 Å². The number of ether oxygens (including phenoxy) is 1. The predicted octanol–water partition coefficient (Wildman–Crippen LogP) is 3.45. The van der Waals surface area contributed by atoms with Crippen molar-refractivity contribution in [1.29, 1.82) is 0 Å². The Hall–Kier alpha value is -2.09. The van der Waals surface area contributed by atoms with Crippen molar-refractivity contribution in [2.45, 2.75) is 32.5 Å². The normalized spacial score (nSPS) is 12.0. The van der Waals surface area contributed by atoms with Gasteiger partial charge in [-0.3, -0.25) is 10.1 Å². The molecule has 128 valence electrons. The van der Waals surface area contributed by atoms with Crippen molar-refractivity contribution < 1.29 is 27.5 Å². The number of rotatable bonds is 4. The zero-order valence-electron chi connectivity index (χ0n) is 13.3. The highest BCUT2D eigenvalue weighted by Gasteiger charge is 2.32. The van der Waals surface area contributed by atoms with Crippen molar-refractivity contribution >= 4 is 17.6 Å². The number of likely N-dealkylation sites (N-methyl/N-ethyl adjacent to an activating group) is 1. The molecule has 0 spiro atoms. The van der Waals surface area contributed by atoms with Crippen LogP contribution in [0.15, 0.2) is 18.2 Å². The van der Waals surface area contributed by atoms with Crippen LogP contribution in [-0.4, -0.2) is 31.1 Å². The first-order valence-electron chi connectivity index (χ1n) is 6.83. The van der Waals surface area contributed by atoms with Crippen LogP contribution in [0.1, 0.15) is 36.7 Å². The highest BCUT2D eigenvalue weighted by molar-refractivity contribution is 6.05. The van der Waals surface area contributed by atoms with Crippen LogP contribution in [0, 0.1) is 0 Å². The molecule has 0 aliphatic rings. The van der Waals surface area contributed by atoms with E-state index in [9.17, 15) is 22.8 Å². The second kappa shape index (κ2) is 6.99. The molecule has 0 bridgehead atoms. The molecule has 0 aliphatic carbocycles. The highest BCUT2D eigenvalue weighted by Crippen LogP contribution is 2.32. The number of carbonyl (C=O) groups is 2. The number of halogens is 3. The van der Waals surface area contributed by atoms with Crippen LogP contribution in [0.25, 0.3) is 0 Å². The molecule has 0 saturated carbocycles. The molecule has 0 saturated heterocycles. The number of ketones is 1. The smallest absolute Gasteiger partial charge is 0.416 e. The van der Waals surface area contributed by atoms with Gasteiger partial charge in [0.15, 0.2) is 5.78 Å². The topological polar surface area (TPSA) is 67.4 Å². The summed E-state index contributed by atoms with van der Waals surface area (Å²) >= 11 is 0. The lowest BCUT2D eigenvalue weighted by Gasteiger charge is -2.21. The van der Waals surface area contributed by atoms with Crippen LogP contribution >= 0.6 is 0 Å². The molecule has 1 aromatic carbocycles. The Labute approximate surface area is 132 Å². The quantitative estimate of drug-likeness (QED) is 0.829. The molecule has 5 nitrogen and oxygen atoms in total. The van der Waals surface area contributed by atoms with Gasteiger partial charge in [0, 0.05) is 5.56 Å². The van der Waals surface area contributed by atoms with Gasteiger partial charge in [-0.25, -0.2) is 4.79 Å². The minimum Gasteiger partial charge on any atom is -0.444 e. The van der Waals surface area contributed by atoms with Crippen molar-refractivity contribution in [2.75, 3.05) is 18.9 Å². The van der Waals surface area contributed by atoms with Crippen molar-refractivity contribution in [3.05, 3.63) is 29.3 Å². The van der Waals surface area contributed by atoms with E-state index < -0.39 is 29.2 Å². The molecule has 0 heterocycles. The van der Waals surface area contributed by atoms with Crippen molar-refractivity contribution in [3.8, 4) is 0 Å². The largest absolute Gasteiger partial charge is 0.444 e. The summed E-state index contributed by atoms with van der Waals surface area (Å²) in [6, 6.07) is 2.55. The molecular formula is C15H19F3N2O3. The fourth-order valence-corrected chi connectivity index (χ4v) is 1.74. The van der Waals surface area contributed by atoms with E-state index in [2.05, 4.69) is 10.6 Å². The van der Waals surface area contributed by atoms with Gasteiger partial charge >= 0.3 is 12.3 Å². The van der Waals surface area contributed by atoms with Crippen LogP contribution < -0.4 is 10.6 Å². The van der Waals surface area contributed by atoms with E-state index in [1.165, 1.54) is 7.05 Å². The number of alkyl halides is 3. The van der Waals surface area contributed by atoms with Crippen LogP contribution in [-0.2, 0) is 10.9 Å². The summed E-state index contributed by atoms with van der Waals surface area (Å²) in [6.07, 6.45) is -5.52. The standard InChI is InChI=1S/C15H19F3N2O3/c1-14(2,3)23-13(22)20-11-7-9(15(16,17)18)5-6-10(11)12(21)8-19-4/h5-7,19H,8H2,1-4H3,(H,20,22). The number of Topliss-reactive ketones (excluding diaryl/α,β-unsaturated/α-hetero) is 1. The Balaban J connectivity index is 3.18. The number of hydrogen-bond donors (Lipinski definition) is 2. The maximum Gasteiger partial charge on any atom is 0.416 e. The van der Waals surface area contributed by atoms with E-state index >= 15 is 0 Å². The molecular weight excluding hydrogens is 313 g/mol. The van der Waals surface area contributed by atoms with Gasteiger partial charge in [-0.2, -0.15) is 13.2 Å². The monoisotopic (exact) mass is 332 g/mol. The maximum atomic E-state index is 12.8. The fraction of sp³-hybridized carbons (Fsp3) is 0.467. The summed E-state index contributed by atoms with van der Waals surface area (Å²) in [6.45, 7) is 4.78. The van der Waals surface area contributed by atoms with Gasteiger partial charge in [0.1, 0.15) is 5.60 Å². The molecule has 1 aromatic rings. The van der Waals surface area contributed by atoms with E-state index in [1.54, 1.807) is 20.8 Å². The Morgan fingerprint density at radius 3 is 2.26 bits per heavy atom. The molecule has 1 amide bonds. The molecule has 0 radical (unpaired) electrons. The van der Waals surface area contributed by atoms with Gasteiger partial charge in [-0.1, -0.05) is 0 Å². The molecule has 0 unspecified atom stereocenters. The number of hydrogen-bond acceptors (Lipinski definition) is 4. The Morgan fingerprint density at radius 1 is 1.17 bits per heavy atom. The van der Waals surface area contributed by atoms with E-state index in [0.29, 0.717) is 6.07 Å². The zero-order chi connectivity index (χ0) is 17.8. The lowest BCUT2D eigenvalue weighted by Crippen LogP contribution is -2.28. The maximum absolute atomic E-state index is 12.8. The van der Waals surface area contributed by atoms with Crippen LogP contribution in [0.5, 0.6) is 0 Å². The molecule has 0 atom stereocenters. The van der Waals surface area contributed by atoms with Gasteiger partial charge < -0.3 is 10.1 Å². The molecule has 0 fully saturated rings. The first kappa shape index (κ1) is 19.0. The van der Waals surface area contributed by atoms with Crippen molar-refractivity contribution in [1.82, 2.24) is 5.32 Å². The number of amides is 1. The number of carbonyl (C=O) groups excluding carboxylic acids is 2. The summed E-state index contributed by atoms with van der Waals surface area (Å²) in [4.78, 5) is 23.7. The molecule has 23 heavy (non-hydrogen) atoms. The Morgan fingerprint density at radius 2 is 1.78 bits per heavy atom. The molecule has 1 rings (SSSR count). The first-order valence-corrected chi connectivity index (χ1v) is 6.83. The third-order valence-corrected chi connectivity index (χ3v) is 2.62. The van der Waals surface area contributed by atoms with Crippen molar-refractivity contribution in [2.24, 2.45) is 0 Å². The minimum absolute atomic E-state index is 0.0294. The molecule has 0 aromatic heterocycles. The Bertz CT molecular complexity index is 593. The lowest BCUT2D eigenvalue weighted by atomic mass is 10.0. The van der Waals surface area contributed by atoms with Crippen LogP contribution in [0.3, 0.4) is 0 Å². The third kappa shape index (κ3) is 5.90. The summed E-state index contributed by atoms with van der Waals surface area (Å²) in [5.41, 5.74) is -2.06. The summed E-state index contributed by atoms with van der Waals surface area (Å²) < 4.78 is 43.5. The number of benzene rings is 1. The molecule has 0 aliphatic heterocycles. The van der Waals surface area contributed by atoms with Crippen LogP contribution in [0.2, 0.25) is 0 Å². The first-order chi connectivity index (χ1) is 10.4. The van der Waals surface area contributed by atoms with Gasteiger partial charge in [0.25, 0.3) is 0 Å².